The fraction of sp³-hybridized carbons (Fsp3) is 0.0667. The molecule has 0 amide bonds. The highest BCUT2D eigenvalue weighted by Crippen LogP contribution is 2.54. The largest absolute Gasteiger partial charge is 0.456 e. The van der Waals surface area contributed by atoms with E-state index in [4.69, 9.17) is 4.42 Å². The standard InChI is InChI=1S/C45H33NO/c1-45(2)40-25-23-36(29-39(40)37-24-26-42-43(44(37)45)38-21-9-10-22-41(38)47-42)46(34-19-11-17-32(27-34)30-13-5-3-6-14-30)35-20-12-18-33(28-35)31-15-7-4-8-16-31/h3-29H,1-2H3. The average Bonchev–Trinajstić information content (AvgIpc) is 3.61. The Hall–Kier alpha value is -5.86. The number of para-hydroxylation sites is 1. The summed E-state index contributed by atoms with van der Waals surface area (Å²) < 4.78 is 6.33. The van der Waals surface area contributed by atoms with Gasteiger partial charge in [-0.05, 0) is 93.0 Å². The monoisotopic (exact) mass is 603 g/mol. The molecule has 1 aromatic heterocycles. The zero-order chi connectivity index (χ0) is 31.5. The van der Waals surface area contributed by atoms with Gasteiger partial charge in [-0.15, -0.1) is 0 Å². The van der Waals surface area contributed by atoms with Gasteiger partial charge in [-0.1, -0.05) is 129 Å². The van der Waals surface area contributed by atoms with Gasteiger partial charge in [0.25, 0.3) is 0 Å². The van der Waals surface area contributed by atoms with Crippen molar-refractivity contribution in [1.82, 2.24) is 0 Å². The first-order valence-corrected chi connectivity index (χ1v) is 16.3. The fourth-order valence-electron chi connectivity index (χ4n) is 7.62. The molecule has 9 rings (SSSR count). The number of hydrogen-bond donors (Lipinski definition) is 0. The van der Waals surface area contributed by atoms with Crippen LogP contribution in [-0.2, 0) is 5.41 Å². The zero-order valence-corrected chi connectivity index (χ0v) is 26.4. The van der Waals surface area contributed by atoms with Crippen molar-refractivity contribution in [2.45, 2.75) is 19.3 Å². The minimum Gasteiger partial charge on any atom is -0.456 e. The Morgan fingerprint density at radius 1 is 0.447 bits per heavy atom. The van der Waals surface area contributed by atoms with Crippen LogP contribution >= 0.6 is 0 Å². The van der Waals surface area contributed by atoms with Gasteiger partial charge in [-0.25, -0.2) is 0 Å². The van der Waals surface area contributed by atoms with E-state index in [-0.39, 0.29) is 5.41 Å². The zero-order valence-electron chi connectivity index (χ0n) is 26.4. The van der Waals surface area contributed by atoms with Gasteiger partial charge in [0.2, 0.25) is 0 Å². The smallest absolute Gasteiger partial charge is 0.135 e. The Labute approximate surface area is 275 Å². The van der Waals surface area contributed by atoms with Crippen LogP contribution in [0, 0.1) is 0 Å². The van der Waals surface area contributed by atoms with Gasteiger partial charge in [0.05, 0.1) is 0 Å². The average molecular weight is 604 g/mol. The molecule has 0 radical (unpaired) electrons. The van der Waals surface area contributed by atoms with E-state index >= 15 is 0 Å². The summed E-state index contributed by atoms with van der Waals surface area (Å²) in [5, 5.41) is 2.40. The number of hydrogen-bond acceptors (Lipinski definition) is 2. The number of benzene rings is 7. The van der Waals surface area contributed by atoms with Gasteiger partial charge in [0.1, 0.15) is 11.2 Å². The minimum atomic E-state index is -0.180. The Morgan fingerprint density at radius 2 is 1.02 bits per heavy atom. The molecular formula is C45H33NO. The third-order valence-electron chi connectivity index (χ3n) is 9.82. The van der Waals surface area contributed by atoms with E-state index < -0.39 is 0 Å². The molecule has 2 nitrogen and oxygen atoms in total. The molecule has 0 atom stereocenters. The molecule has 0 bridgehead atoms. The molecular weight excluding hydrogens is 571 g/mol. The molecule has 2 heteroatoms. The Kier molecular flexibility index (Phi) is 6.20. The molecule has 0 spiro atoms. The summed E-state index contributed by atoms with van der Waals surface area (Å²) in [6, 6.07) is 58.8. The van der Waals surface area contributed by atoms with Crippen molar-refractivity contribution in [3.63, 3.8) is 0 Å². The van der Waals surface area contributed by atoms with Crippen LogP contribution in [0.3, 0.4) is 0 Å². The molecule has 1 aliphatic carbocycles. The first-order valence-electron chi connectivity index (χ1n) is 16.3. The van der Waals surface area contributed by atoms with Crippen LogP contribution in [0.5, 0.6) is 0 Å². The summed E-state index contributed by atoms with van der Waals surface area (Å²) in [7, 11) is 0. The van der Waals surface area contributed by atoms with Crippen molar-refractivity contribution in [2.75, 3.05) is 4.90 Å². The molecule has 0 saturated carbocycles. The fourth-order valence-corrected chi connectivity index (χ4v) is 7.62. The predicted molar refractivity (Wildman–Crippen MR) is 197 cm³/mol. The van der Waals surface area contributed by atoms with E-state index in [2.05, 4.69) is 176 Å². The summed E-state index contributed by atoms with van der Waals surface area (Å²) in [4.78, 5) is 2.40. The number of fused-ring (bicyclic) bond motifs is 7. The van der Waals surface area contributed by atoms with Crippen LogP contribution in [0.15, 0.2) is 168 Å². The van der Waals surface area contributed by atoms with Crippen LogP contribution < -0.4 is 4.90 Å². The van der Waals surface area contributed by atoms with E-state index in [1.165, 1.54) is 55.3 Å². The maximum atomic E-state index is 6.33. The molecule has 0 saturated heterocycles. The lowest BCUT2D eigenvalue weighted by Gasteiger charge is -2.28. The van der Waals surface area contributed by atoms with Crippen molar-refractivity contribution < 1.29 is 4.42 Å². The number of anilines is 3. The normalized spacial score (nSPS) is 13.1. The lowest BCUT2D eigenvalue weighted by molar-refractivity contribution is 0.657. The second-order valence-corrected chi connectivity index (χ2v) is 13.0. The second-order valence-electron chi connectivity index (χ2n) is 13.0. The van der Waals surface area contributed by atoms with Gasteiger partial charge in [0.15, 0.2) is 0 Å². The Morgan fingerprint density at radius 3 is 1.68 bits per heavy atom. The summed E-state index contributed by atoms with van der Waals surface area (Å²) >= 11 is 0. The van der Waals surface area contributed by atoms with Crippen molar-refractivity contribution in [2.24, 2.45) is 0 Å². The maximum Gasteiger partial charge on any atom is 0.135 e. The third kappa shape index (κ3) is 4.40. The van der Waals surface area contributed by atoms with Crippen LogP contribution in [0.2, 0.25) is 0 Å². The minimum absolute atomic E-state index is 0.180. The van der Waals surface area contributed by atoms with Crippen molar-refractivity contribution >= 4 is 39.0 Å². The van der Waals surface area contributed by atoms with E-state index in [9.17, 15) is 0 Å². The highest BCUT2D eigenvalue weighted by molar-refractivity contribution is 6.11. The van der Waals surface area contributed by atoms with Crippen LogP contribution in [0.1, 0.15) is 25.0 Å². The lowest BCUT2D eigenvalue weighted by atomic mass is 9.80. The van der Waals surface area contributed by atoms with Crippen molar-refractivity contribution in [3.05, 3.63) is 175 Å². The highest BCUT2D eigenvalue weighted by Gasteiger charge is 2.38. The van der Waals surface area contributed by atoms with Crippen LogP contribution in [0.25, 0.3) is 55.3 Å². The molecule has 1 aliphatic rings. The molecule has 0 N–H and O–H groups in total. The van der Waals surface area contributed by atoms with Crippen molar-refractivity contribution in [1.29, 1.82) is 0 Å². The van der Waals surface area contributed by atoms with Crippen LogP contribution in [-0.4, -0.2) is 0 Å². The highest BCUT2D eigenvalue weighted by atomic mass is 16.3. The van der Waals surface area contributed by atoms with Gasteiger partial charge in [-0.2, -0.15) is 0 Å². The number of furan rings is 1. The maximum absolute atomic E-state index is 6.33. The van der Waals surface area contributed by atoms with Gasteiger partial charge in [-0.3, -0.25) is 0 Å². The molecule has 7 aromatic carbocycles. The Balaban J connectivity index is 1.25. The first-order chi connectivity index (χ1) is 23.1. The molecule has 1 heterocycles. The lowest BCUT2D eigenvalue weighted by Crippen LogP contribution is -2.16. The van der Waals surface area contributed by atoms with E-state index in [0.29, 0.717) is 0 Å². The molecule has 0 fully saturated rings. The summed E-state index contributed by atoms with van der Waals surface area (Å²) in [6.07, 6.45) is 0. The molecule has 0 unspecified atom stereocenters. The number of rotatable bonds is 5. The van der Waals surface area contributed by atoms with E-state index in [1.807, 2.05) is 6.07 Å². The Bertz CT molecular complexity index is 2350. The molecule has 8 aromatic rings. The number of nitrogens with zero attached hydrogens (tertiary/aromatic N) is 1. The van der Waals surface area contributed by atoms with Crippen LogP contribution in [0.4, 0.5) is 17.1 Å². The SMILES string of the molecule is CC1(C)c2ccc(N(c3cccc(-c4ccccc4)c3)c3cccc(-c4ccccc4)c3)cc2-c2ccc3oc4ccccc4c3c21. The van der Waals surface area contributed by atoms with E-state index in [0.717, 1.165) is 28.2 Å². The molecule has 0 aliphatic heterocycles. The first kappa shape index (κ1) is 27.5. The predicted octanol–water partition coefficient (Wildman–Crippen LogP) is 12.7. The third-order valence-corrected chi connectivity index (χ3v) is 9.82. The van der Waals surface area contributed by atoms with E-state index in [1.54, 1.807) is 0 Å². The summed E-state index contributed by atoms with van der Waals surface area (Å²) in [5.74, 6) is 0. The quantitative estimate of drug-likeness (QED) is 0.195. The van der Waals surface area contributed by atoms with Gasteiger partial charge >= 0.3 is 0 Å². The summed E-state index contributed by atoms with van der Waals surface area (Å²) in [5.41, 5.74) is 15.1. The van der Waals surface area contributed by atoms with Crippen molar-refractivity contribution in [3.8, 4) is 33.4 Å². The molecule has 47 heavy (non-hydrogen) atoms. The van der Waals surface area contributed by atoms with Gasteiger partial charge < -0.3 is 9.32 Å². The topological polar surface area (TPSA) is 16.4 Å². The molecule has 224 valence electrons. The second kappa shape index (κ2) is 10.6. The summed E-state index contributed by atoms with van der Waals surface area (Å²) in [6.45, 7) is 4.70. The van der Waals surface area contributed by atoms with Gasteiger partial charge in [0, 0.05) is 33.2 Å².